The van der Waals surface area contributed by atoms with Gasteiger partial charge in [0.2, 0.25) is 5.91 Å². The van der Waals surface area contributed by atoms with Crippen molar-refractivity contribution >= 4 is 12.0 Å². The molecule has 3 aromatic carbocycles. The Morgan fingerprint density at radius 3 is 2.31 bits per heavy atom. The maximum atomic E-state index is 14.2. The van der Waals surface area contributed by atoms with Crippen molar-refractivity contribution in [2.24, 2.45) is 0 Å². The summed E-state index contributed by atoms with van der Waals surface area (Å²) in [7, 11) is 1.54. The van der Waals surface area contributed by atoms with Crippen LogP contribution >= 0.6 is 0 Å². The van der Waals surface area contributed by atoms with Crippen molar-refractivity contribution in [2.45, 2.75) is 37.8 Å². The molecule has 1 saturated heterocycles. The third-order valence-corrected chi connectivity index (χ3v) is 6.78. The van der Waals surface area contributed by atoms with Crippen LogP contribution in [0.4, 0.5) is 18.0 Å². The second kappa shape index (κ2) is 10.4. The second-order valence-electron chi connectivity index (χ2n) is 8.91. The topological polar surface area (TPSA) is 58.6 Å². The number of hydrogen-bond donors (Lipinski definition) is 1. The Labute approximate surface area is 207 Å². The van der Waals surface area contributed by atoms with Gasteiger partial charge in [-0.1, -0.05) is 36.4 Å². The van der Waals surface area contributed by atoms with Crippen LogP contribution in [-0.2, 0) is 15.1 Å². The highest BCUT2D eigenvalue weighted by Gasteiger charge is 2.43. The predicted molar refractivity (Wildman–Crippen MR) is 129 cm³/mol. The average molecular weight is 497 g/mol. The van der Waals surface area contributed by atoms with Crippen molar-refractivity contribution in [1.82, 2.24) is 10.2 Å². The van der Waals surface area contributed by atoms with E-state index in [9.17, 15) is 22.8 Å². The van der Waals surface area contributed by atoms with E-state index in [1.165, 1.54) is 24.3 Å². The zero-order valence-electron chi connectivity index (χ0n) is 20.1. The van der Waals surface area contributed by atoms with Crippen LogP contribution in [0.3, 0.4) is 0 Å². The fourth-order valence-electron chi connectivity index (χ4n) is 4.58. The van der Waals surface area contributed by atoms with E-state index < -0.39 is 29.1 Å². The molecular weight excluding hydrogens is 469 g/mol. The van der Waals surface area contributed by atoms with Gasteiger partial charge < -0.3 is 15.0 Å². The highest BCUT2D eigenvalue weighted by molar-refractivity contribution is 5.76. The zero-order chi connectivity index (χ0) is 25.9. The molecule has 2 atom stereocenters. The van der Waals surface area contributed by atoms with E-state index >= 15 is 0 Å². The lowest BCUT2D eigenvalue weighted by Crippen LogP contribution is -2.49. The summed E-state index contributed by atoms with van der Waals surface area (Å²) in [5, 5.41) is 2.57. The summed E-state index contributed by atoms with van der Waals surface area (Å²) >= 11 is 0. The molecule has 36 heavy (non-hydrogen) atoms. The largest absolute Gasteiger partial charge is 0.438 e. The van der Waals surface area contributed by atoms with Gasteiger partial charge in [0, 0.05) is 44.5 Å². The number of benzene rings is 3. The summed E-state index contributed by atoms with van der Waals surface area (Å²) in [5.41, 5.74) is 1.29. The molecule has 188 valence electrons. The van der Waals surface area contributed by atoms with E-state index in [0.717, 1.165) is 11.6 Å². The highest BCUT2D eigenvalue weighted by atomic mass is 19.1. The summed E-state index contributed by atoms with van der Waals surface area (Å²) in [5.74, 6) is -1.87. The number of carbonyl (C=O) groups is 2. The van der Waals surface area contributed by atoms with Crippen LogP contribution in [0.2, 0.25) is 0 Å². The minimum atomic E-state index is -1.04. The lowest BCUT2D eigenvalue weighted by Gasteiger charge is -2.43. The van der Waals surface area contributed by atoms with E-state index in [1.807, 2.05) is 6.92 Å². The van der Waals surface area contributed by atoms with Gasteiger partial charge in [-0.05, 0) is 47.9 Å². The molecule has 0 aromatic heterocycles. The van der Waals surface area contributed by atoms with E-state index in [-0.39, 0.29) is 30.4 Å². The van der Waals surface area contributed by atoms with Crippen LogP contribution in [-0.4, -0.2) is 30.5 Å². The Morgan fingerprint density at radius 1 is 1.03 bits per heavy atom. The summed E-state index contributed by atoms with van der Waals surface area (Å²) in [4.78, 5) is 26.7. The molecule has 5 nitrogen and oxygen atoms in total. The summed E-state index contributed by atoms with van der Waals surface area (Å²) < 4.78 is 46.9. The van der Waals surface area contributed by atoms with Crippen LogP contribution in [0.25, 0.3) is 11.1 Å². The van der Waals surface area contributed by atoms with Gasteiger partial charge in [-0.25, -0.2) is 18.0 Å². The molecule has 0 unspecified atom stereocenters. The van der Waals surface area contributed by atoms with Crippen LogP contribution in [0, 0.1) is 17.5 Å². The quantitative estimate of drug-likeness (QED) is 0.430. The first-order valence-electron chi connectivity index (χ1n) is 11.7. The number of ether oxygens (including phenoxy) is 1. The average Bonchev–Trinajstić information content (AvgIpc) is 2.87. The molecule has 1 fully saturated rings. The van der Waals surface area contributed by atoms with E-state index in [2.05, 4.69) is 5.32 Å². The van der Waals surface area contributed by atoms with Gasteiger partial charge in [0.15, 0.2) is 0 Å². The lowest BCUT2D eigenvalue weighted by atomic mass is 9.84. The van der Waals surface area contributed by atoms with E-state index in [0.29, 0.717) is 24.1 Å². The SMILES string of the molecule is CNC(=O)CC[C@@]1(c2ccc(F)cc2)CCN([C@@H](C)c2ccc(-c3ccc(F)cc3F)cc2)C(=O)O1. The number of hydrogen-bond acceptors (Lipinski definition) is 3. The molecule has 0 radical (unpaired) electrons. The second-order valence-corrected chi connectivity index (χ2v) is 8.91. The van der Waals surface area contributed by atoms with Crippen molar-refractivity contribution in [3.63, 3.8) is 0 Å². The van der Waals surface area contributed by atoms with Crippen LogP contribution in [0.5, 0.6) is 0 Å². The molecule has 0 saturated carbocycles. The normalized spacial score (nSPS) is 18.5. The molecule has 1 aliphatic heterocycles. The summed E-state index contributed by atoms with van der Waals surface area (Å²) in [6.07, 6.45) is 0.302. The standard InChI is InChI=1S/C28H27F3N2O3/c1-18(19-3-5-20(6-4-19)24-12-11-23(30)17-25(24)31)33-16-15-28(36-27(33)35,14-13-26(34)32-2)21-7-9-22(29)10-8-21/h3-12,17-18H,13-16H2,1-2H3,(H,32,34)/t18-,28-/m0/s1. The van der Waals surface area contributed by atoms with Crippen LogP contribution in [0.1, 0.15) is 43.4 Å². The number of halogens is 3. The molecule has 2 amide bonds. The minimum Gasteiger partial charge on any atom is -0.438 e. The Morgan fingerprint density at radius 2 is 1.69 bits per heavy atom. The zero-order valence-corrected chi connectivity index (χ0v) is 20.1. The van der Waals surface area contributed by atoms with Crippen molar-refractivity contribution < 1.29 is 27.5 Å². The van der Waals surface area contributed by atoms with Gasteiger partial charge in [-0.2, -0.15) is 0 Å². The Kier molecular flexibility index (Phi) is 7.33. The molecule has 0 spiro atoms. The van der Waals surface area contributed by atoms with Gasteiger partial charge in [0.05, 0.1) is 6.04 Å². The molecule has 0 aliphatic carbocycles. The molecular formula is C28H27F3N2O3. The van der Waals surface area contributed by atoms with Crippen molar-refractivity contribution in [1.29, 1.82) is 0 Å². The van der Waals surface area contributed by atoms with Gasteiger partial charge in [-0.15, -0.1) is 0 Å². The van der Waals surface area contributed by atoms with Crippen LogP contribution in [0.15, 0.2) is 66.7 Å². The van der Waals surface area contributed by atoms with Crippen molar-refractivity contribution in [3.8, 4) is 11.1 Å². The first kappa shape index (κ1) is 25.3. The summed E-state index contributed by atoms with van der Waals surface area (Å²) in [6, 6.07) is 15.9. The molecule has 8 heteroatoms. The molecule has 4 rings (SSSR count). The Hall–Kier alpha value is -3.81. The fraction of sp³-hybridized carbons (Fsp3) is 0.286. The lowest BCUT2D eigenvalue weighted by molar-refractivity contribution is -0.123. The number of amides is 2. The first-order chi connectivity index (χ1) is 17.2. The Balaban J connectivity index is 1.52. The molecule has 1 aliphatic rings. The van der Waals surface area contributed by atoms with E-state index in [4.69, 9.17) is 4.74 Å². The number of nitrogens with one attached hydrogen (secondary N) is 1. The number of cyclic esters (lactones) is 1. The number of rotatable bonds is 7. The Bertz CT molecular complexity index is 1250. The predicted octanol–water partition coefficient (Wildman–Crippen LogP) is 6.10. The smallest absolute Gasteiger partial charge is 0.411 e. The summed E-state index contributed by atoms with van der Waals surface area (Å²) in [6.45, 7) is 2.23. The van der Waals surface area contributed by atoms with Gasteiger partial charge >= 0.3 is 6.09 Å². The van der Waals surface area contributed by atoms with Gasteiger partial charge in [-0.3, -0.25) is 4.79 Å². The highest BCUT2D eigenvalue weighted by Crippen LogP contribution is 2.40. The van der Waals surface area contributed by atoms with Crippen molar-refractivity contribution in [3.05, 3.63) is 95.3 Å². The number of carbonyl (C=O) groups excluding carboxylic acids is 2. The monoisotopic (exact) mass is 496 g/mol. The van der Waals surface area contributed by atoms with Crippen LogP contribution < -0.4 is 5.32 Å². The van der Waals surface area contributed by atoms with Crippen molar-refractivity contribution in [2.75, 3.05) is 13.6 Å². The molecule has 0 bridgehead atoms. The molecule has 1 heterocycles. The first-order valence-corrected chi connectivity index (χ1v) is 11.7. The maximum absolute atomic E-state index is 14.2. The third-order valence-electron chi connectivity index (χ3n) is 6.78. The van der Waals surface area contributed by atoms with E-state index in [1.54, 1.807) is 48.3 Å². The van der Waals surface area contributed by atoms with Gasteiger partial charge in [0.25, 0.3) is 0 Å². The fourth-order valence-corrected chi connectivity index (χ4v) is 4.58. The molecule has 1 N–H and O–H groups in total. The van der Waals surface area contributed by atoms with Gasteiger partial charge in [0.1, 0.15) is 23.1 Å². The molecule has 3 aromatic rings. The number of nitrogens with zero attached hydrogens (tertiary/aromatic N) is 1. The third kappa shape index (κ3) is 5.22. The minimum absolute atomic E-state index is 0.151. The maximum Gasteiger partial charge on any atom is 0.411 e.